The van der Waals surface area contributed by atoms with Crippen molar-refractivity contribution in [2.24, 2.45) is 5.92 Å². The molecule has 0 aliphatic heterocycles. The zero-order valence-corrected chi connectivity index (χ0v) is 10.0. The van der Waals surface area contributed by atoms with E-state index in [1.54, 1.807) is 4.57 Å². The highest BCUT2D eigenvalue weighted by molar-refractivity contribution is 5.81. The molecule has 1 fully saturated rings. The van der Waals surface area contributed by atoms with E-state index in [4.69, 9.17) is 10.8 Å². The molecule has 0 spiro atoms. The molecule has 0 amide bonds. The fourth-order valence-electron chi connectivity index (χ4n) is 2.62. The van der Waals surface area contributed by atoms with Crippen LogP contribution < -0.4 is 5.73 Å². The van der Waals surface area contributed by atoms with E-state index in [2.05, 4.69) is 15.0 Å². The molecular weight excluding hydrogens is 256 g/mol. The Bertz CT molecular complexity index is 614. The standard InChI is InChI=1S/C11H13F2N5O/c12-11(13)2-7(1-6(11)3-19)18-5-17-8-9(14)15-4-16-10(8)18/h4-7,19H,1-3H2,(H2,14,15,16)/t6-,7-/m0/s1. The maximum absolute atomic E-state index is 13.7. The van der Waals surface area contributed by atoms with Crippen molar-refractivity contribution < 1.29 is 13.9 Å². The SMILES string of the molecule is Nc1ncnc2c1ncn2[C@H]1C[C@@H](CO)C(F)(F)C1. The predicted octanol–water partition coefficient (Wildman–Crippen LogP) is 0.987. The lowest BCUT2D eigenvalue weighted by Crippen LogP contribution is -2.24. The molecular formula is C11H13F2N5O. The Morgan fingerprint density at radius 3 is 2.89 bits per heavy atom. The summed E-state index contributed by atoms with van der Waals surface area (Å²) in [6.07, 6.45) is 2.61. The highest BCUT2D eigenvalue weighted by Gasteiger charge is 2.49. The number of rotatable bonds is 2. The van der Waals surface area contributed by atoms with Crippen molar-refractivity contribution in [1.82, 2.24) is 19.5 Å². The summed E-state index contributed by atoms with van der Waals surface area (Å²) in [5, 5.41) is 9.02. The summed E-state index contributed by atoms with van der Waals surface area (Å²) in [7, 11) is 0. The molecule has 2 atom stereocenters. The van der Waals surface area contributed by atoms with E-state index < -0.39 is 24.5 Å². The fraction of sp³-hybridized carbons (Fsp3) is 0.545. The van der Waals surface area contributed by atoms with Gasteiger partial charge in [-0.1, -0.05) is 0 Å². The number of aromatic nitrogens is 4. The smallest absolute Gasteiger partial charge is 0.255 e. The Morgan fingerprint density at radius 2 is 2.21 bits per heavy atom. The summed E-state index contributed by atoms with van der Waals surface area (Å²) in [5.41, 5.74) is 6.53. The summed E-state index contributed by atoms with van der Waals surface area (Å²) >= 11 is 0. The minimum Gasteiger partial charge on any atom is -0.396 e. The van der Waals surface area contributed by atoms with Gasteiger partial charge in [0.2, 0.25) is 0 Å². The van der Waals surface area contributed by atoms with Crippen LogP contribution in [-0.2, 0) is 0 Å². The first-order valence-corrected chi connectivity index (χ1v) is 5.94. The second kappa shape index (κ2) is 4.09. The van der Waals surface area contributed by atoms with Crippen molar-refractivity contribution in [2.45, 2.75) is 24.8 Å². The number of fused-ring (bicyclic) bond motifs is 1. The van der Waals surface area contributed by atoms with Gasteiger partial charge in [-0.05, 0) is 6.42 Å². The molecule has 0 bridgehead atoms. The third-order valence-electron chi connectivity index (χ3n) is 3.66. The van der Waals surface area contributed by atoms with Crippen molar-refractivity contribution in [3.05, 3.63) is 12.7 Å². The van der Waals surface area contributed by atoms with E-state index >= 15 is 0 Å². The van der Waals surface area contributed by atoms with Crippen LogP contribution in [0.5, 0.6) is 0 Å². The number of hydrogen-bond acceptors (Lipinski definition) is 5. The number of imidazole rings is 1. The summed E-state index contributed by atoms with van der Waals surface area (Å²) < 4.78 is 29.0. The molecule has 3 N–H and O–H groups in total. The fourth-order valence-corrected chi connectivity index (χ4v) is 2.62. The average molecular weight is 269 g/mol. The molecule has 2 heterocycles. The lowest BCUT2D eigenvalue weighted by molar-refractivity contribution is -0.0551. The van der Waals surface area contributed by atoms with Crippen LogP contribution in [0.4, 0.5) is 14.6 Å². The van der Waals surface area contributed by atoms with Crippen molar-refractivity contribution in [1.29, 1.82) is 0 Å². The number of nitrogens with zero attached hydrogens (tertiary/aromatic N) is 4. The van der Waals surface area contributed by atoms with E-state index in [1.165, 1.54) is 12.7 Å². The van der Waals surface area contributed by atoms with Crippen LogP contribution in [0, 0.1) is 5.92 Å². The number of halogens is 2. The van der Waals surface area contributed by atoms with Gasteiger partial charge in [-0.3, -0.25) is 0 Å². The minimum absolute atomic E-state index is 0.193. The molecule has 0 saturated heterocycles. The van der Waals surface area contributed by atoms with Crippen molar-refractivity contribution in [3.63, 3.8) is 0 Å². The molecule has 1 aliphatic carbocycles. The number of aliphatic hydroxyl groups excluding tert-OH is 1. The van der Waals surface area contributed by atoms with Crippen LogP contribution >= 0.6 is 0 Å². The first-order chi connectivity index (χ1) is 9.03. The molecule has 2 aromatic rings. The van der Waals surface area contributed by atoms with E-state index in [-0.39, 0.29) is 18.7 Å². The third kappa shape index (κ3) is 1.83. The van der Waals surface area contributed by atoms with Gasteiger partial charge in [0.05, 0.1) is 12.9 Å². The molecule has 19 heavy (non-hydrogen) atoms. The molecule has 0 unspecified atom stereocenters. The molecule has 8 heteroatoms. The van der Waals surface area contributed by atoms with Crippen LogP contribution in [0.1, 0.15) is 18.9 Å². The summed E-state index contributed by atoms with van der Waals surface area (Å²) in [6.45, 7) is -0.521. The number of nitrogens with two attached hydrogens (primary N) is 1. The van der Waals surface area contributed by atoms with Gasteiger partial charge in [-0.25, -0.2) is 23.7 Å². The molecule has 1 aliphatic rings. The Kier molecular flexibility index (Phi) is 2.63. The topological polar surface area (TPSA) is 89.9 Å². The Labute approximate surface area is 107 Å². The van der Waals surface area contributed by atoms with Crippen LogP contribution in [-0.4, -0.2) is 37.2 Å². The summed E-state index contributed by atoms with van der Waals surface area (Å²) in [4.78, 5) is 11.9. The van der Waals surface area contributed by atoms with Gasteiger partial charge < -0.3 is 15.4 Å². The summed E-state index contributed by atoms with van der Waals surface area (Å²) in [5.74, 6) is -3.66. The Morgan fingerprint density at radius 1 is 1.42 bits per heavy atom. The third-order valence-corrected chi connectivity index (χ3v) is 3.66. The maximum atomic E-state index is 13.7. The van der Waals surface area contributed by atoms with Gasteiger partial charge in [-0.15, -0.1) is 0 Å². The van der Waals surface area contributed by atoms with E-state index in [1.807, 2.05) is 0 Å². The summed E-state index contributed by atoms with van der Waals surface area (Å²) in [6, 6.07) is -0.438. The van der Waals surface area contributed by atoms with Crippen LogP contribution in [0.3, 0.4) is 0 Å². The zero-order chi connectivity index (χ0) is 13.6. The quantitative estimate of drug-likeness (QED) is 0.848. The first kappa shape index (κ1) is 12.2. The van der Waals surface area contributed by atoms with E-state index in [9.17, 15) is 8.78 Å². The van der Waals surface area contributed by atoms with Gasteiger partial charge in [0.15, 0.2) is 11.5 Å². The molecule has 3 rings (SSSR count). The van der Waals surface area contributed by atoms with Gasteiger partial charge in [-0.2, -0.15) is 0 Å². The number of alkyl halides is 2. The lowest BCUT2D eigenvalue weighted by Gasteiger charge is -2.14. The molecule has 2 aromatic heterocycles. The van der Waals surface area contributed by atoms with Crippen molar-refractivity contribution in [3.8, 4) is 0 Å². The number of anilines is 1. The molecule has 6 nitrogen and oxygen atoms in total. The largest absolute Gasteiger partial charge is 0.396 e. The first-order valence-electron chi connectivity index (χ1n) is 5.94. The molecule has 0 aromatic carbocycles. The Hall–Kier alpha value is -1.83. The second-order valence-corrected chi connectivity index (χ2v) is 4.82. The number of aliphatic hydroxyl groups is 1. The van der Waals surface area contributed by atoms with Gasteiger partial charge in [0, 0.05) is 18.4 Å². The van der Waals surface area contributed by atoms with Crippen LogP contribution in [0.2, 0.25) is 0 Å². The lowest BCUT2D eigenvalue weighted by atomic mass is 10.1. The van der Waals surface area contributed by atoms with Gasteiger partial charge in [0.25, 0.3) is 5.92 Å². The number of nitrogen functional groups attached to an aromatic ring is 1. The molecule has 1 saturated carbocycles. The van der Waals surface area contributed by atoms with E-state index in [0.717, 1.165) is 0 Å². The number of hydrogen-bond donors (Lipinski definition) is 2. The van der Waals surface area contributed by atoms with Crippen molar-refractivity contribution in [2.75, 3.05) is 12.3 Å². The van der Waals surface area contributed by atoms with Crippen LogP contribution in [0.25, 0.3) is 11.2 Å². The highest BCUT2D eigenvalue weighted by Crippen LogP contribution is 2.46. The normalized spacial score (nSPS) is 26.1. The van der Waals surface area contributed by atoms with Crippen LogP contribution in [0.15, 0.2) is 12.7 Å². The zero-order valence-electron chi connectivity index (χ0n) is 10.0. The van der Waals surface area contributed by atoms with Gasteiger partial charge in [0.1, 0.15) is 11.8 Å². The van der Waals surface area contributed by atoms with E-state index in [0.29, 0.717) is 11.2 Å². The van der Waals surface area contributed by atoms with Crippen molar-refractivity contribution >= 4 is 17.0 Å². The molecule has 0 radical (unpaired) electrons. The average Bonchev–Trinajstić information content (AvgIpc) is 2.90. The maximum Gasteiger partial charge on any atom is 0.255 e. The Balaban J connectivity index is 2.00. The van der Waals surface area contributed by atoms with Gasteiger partial charge >= 0.3 is 0 Å². The monoisotopic (exact) mass is 269 g/mol. The molecule has 102 valence electrons. The predicted molar refractivity (Wildman–Crippen MR) is 63.5 cm³/mol. The highest BCUT2D eigenvalue weighted by atomic mass is 19.3. The minimum atomic E-state index is -2.87. The second-order valence-electron chi connectivity index (χ2n) is 4.82.